The zero-order valence-corrected chi connectivity index (χ0v) is 13.6. The van der Waals surface area contributed by atoms with E-state index in [4.69, 9.17) is 10.5 Å². The van der Waals surface area contributed by atoms with Crippen molar-refractivity contribution >= 4 is 30.7 Å². The molecule has 0 radical (unpaired) electrons. The Morgan fingerprint density at radius 3 is 2.55 bits per heavy atom. The fraction of sp³-hybridized carbons (Fsp3) is 0.923. The van der Waals surface area contributed by atoms with Crippen LogP contribution in [0.25, 0.3) is 0 Å². The average molecular weight is 328 g/mol. The average Bonchev–Trinajstić information content (AvgIpc) is 2.85. The summed E-state index contributed by atoms with van der Waals surface area (Å²) in [4.78, 5) is 16.6. The highest BCUT2D eigenvalue weighted by atomic mass is 35.5. The molecular formula is C13H27Cl2N3O2. The van der Waals surface area contributed by atoms with Crippen LogP contribution in [0.1, 0.15) is 25.7 Å². The molecule has 0 aromatic heterocycles. The highest BCUT2D eigenvalue weighted by Crippen LogP contribution is 2.20. The Labute approximate surface area is 134 Å². The van der Waals surface area contributed by atoms with Crippen molar-refractivity contribution in [3.05, 3.63) is 0 Å². The Bertz CT molecular complexity index is 276. The number of hydrogen-bond donors (Lipinski definition) is 1. The summed E-state index contributed by atoms with van der Waals surface area (Å²) in [6.45, 7) is 6.20. The van der Waals surface area contributed by atoms with Gasteiger partial charge in [0, 0.05) is 38.6 Å². The van der Waals surface area contributed by atoms with Crippen LogP contribution in [0, 0.1) is 0 Å². The lowest BCUT2D eigenvalue weighted by Crippen LogP contribution is -2.46. The van der Waals surface area contributed by atoms with Crippen molar-refractivity contribution in [3.8, 4) is 0 Å². The summed E-state index contributed by atoms with van der Waals surface area (Å²) in [6, 6.07) is 0.411. The molecule has 0 aromatic carbocycles. The maximum atomic E-state index is 12.1. The number of nitrogens with two attached hydrogens (primary N) is 1. The number of halogens is 2. The third-order valence-electron chi connectivity index (χ3n) is 3.86. The van der Waals surface area contributed by atoms with Gasteiger partial charge in [-0.2, -0.15) is 0 Å². The second-order valence-corrected chi connectivity index (χ2v) is 5.19. The number of carbonyl (C=O) groups excluding carboxylic acids is 1. The zero-order valence-electron chi connectivity index (χ0n) is 12.0. The summed E-state index contributed by atoms with van der Waals surface area (Å²) < 4.78 is 5.36. The monoisotopic (exact) mass is 327 g/mol. The lowest BCUT2D eigenvalue weighted by molar-refractivity contribution is -0.132. The number of likely N-dealkylation sites (tertiary alicyclic amines) is 1. The molecule has 1 unspecified atom stereocenters. The van der Waals surface area contributed by atoms with Crippen LogP contribution >= 0.6 is 24.8 Å². The van der Waals surface area contributed by atoms with Crippen molar-refractivity contribution in [2.75, 3.05) is 45.9 Å². The molecule has 2 heterocycles. The number of morpholine rings is 1. The molecule has 0 spiro atoms. The first-order valence-electron chi connectivity index (χ1n) is 7.11. The van der Waals surface area contributed by atoms with E-state index in [9.17, 15) is 4.79 Å². The fourth-order valence-electron chi connectivity index (χ4n) is 2.83. The molecule has 0 aliphatic carbocycles. The van der Waals surface area contributed by atoms with Gasteiger partial charge in [0.2, 0.25) is 5.91 Å². The van der Waals surface area contributed by atoms with Crippen LogP contribution in [0.2, 0.25) is 0 Å². The molecule has 2 aliphatic rings. The van der Waals surface area contributed by atoms with Crippen molar-refractivity contribution in [3.63, 3.8) is 0 Å². The van der Waals surface area contributed by atoms with Gasteiger partial charge in [-0.05, 0) is 25.8 Å². The molecular weight excluding hydrogens is 301 g/mol. The molecule has 20 heavy (non-hydrogen) atoms. The second kappa shape index (κ2) is 10.6. The minimum absolute atomic E-state index is 0. The molecule has 1 amide bonds. The Hall–Kier alpha value is -0.0700. The van der Waals surface area contributed by atoms with Crippen molar-refractivity contribution in [2.45, 2.75) is 31.7 Å². The molecule has 7 heteroatoms. The van der Waals surface area contributed by atoms with Crippen LogP contribution in [0.3, 0.4) is 0 Å². The van der Waals surface area contributed by atoms with Gasteiger partial charge < -0.3 is 15.4 Å². The molecule has 0 aromatic rings. The largest absolute Gasteiger partial charge is 0.379 e. The molecule has 5 nitrogen and oxygen atoms in total. The van der Waals surface area contributed by atoms with Crippen molar-refractivity contribution in [1.82, 2.24) is 9.80 Å². The molecule has 2 N–H and O–H groups in total. The first kappa shape index (κ1) is 19.9. The van der Waals surface area contributed by atoms with E-state index in [2.05, 4.69) is 9.80 Å². The first-order chi connectivity index (χ1) is 8.81. The molecule has 2 fully saturated rings. The Balaban J connectivity index is 0.00000180. The highest BCUT2D eigenvalue weighted by Gasteiger charge is 2.29. The second-order valence-electron chi connectivity index (χ2n) is 5.19. The molecule has 1 atom stereocenters. The van der Waals surface area contributed by atoms with Gasteiger partial charge in [0.05, 0.1) is 13.2 Å². The van der Waals surface area contributed by atoms with Gasteiger partial charge >= 0.3 is 0 Å². The van der Waals surface area contributed by atoms with Gasteiger partial charge in [-0.1, -0.05) is 0 Å². The van der Waals surface area contributed by atoms with Crippen LogP contribution in [0.4, 0.5) is 0 Å². The normalized spacial score (nSPS) is 23.1. The predicted octanol–water partition coefficient (Wildman–Crippen LogP) is 0.892. The van der Waals surface area contributed by atoms with Crippen molar-refractivity contribution < 1.29 is 9.53 Å². The molecule has 120 valence electrons. The van der Waals surface area contributed by atoms with Crippen molar-refractivity contribution in [2.24, 2.45) is 5.73 Å². The van der Waals surface area contributed by atoms with Gasteiger partial charge in [0.15, 0.2) is 0 Å². The SMILES string of the molecule is Cl.Cl.NCCCC(=O)N1CCCC1CN1CCOCC1. The first-order valence-corrected chi connectivity index (χ1v) is 7.11. The van der Waals surface area contributed by atoms with Gasteiger partial charge in [0.25, 0.3) is 0 Å². The Kier molecular flexibility index (Phi) is 10.6. The summed E-state index contributed by atoms with van der Waals surface area (Å²) >= 11 is 0. The maximum absolute atomic E-state index is 12.1. The van der Waals surface area contributed by atoms with E-state index in [1.54, 1.807) is 0 Å². The van der Waals surface area contributed by atoms with Crippen molar-refractivity contribution in [1.29, 1.82) is 0 Å². The Morgan fingerprint density at radius 2 is 1.90 bits per heavy atom. The van der Waals surface area contributed by atoms with E-state index in [0.717, 1.165) is 58.7 Å². The van der Waals surface area contributed by atoms with E-state index in [-0.39, 0.29) is 30.7 Å². The molecule has 0 bridgehead atoms. The van der Waals surface area contributed by atoms with Gasteiger partial charge in [-0.15, -0.1) is 24.8 Å². The summed E-state index contributed by atoms with van der Waals surface area (Å²) in [7, 11) is 0. The van der Waals surface area contributed by atoms with E-state index >= 15 is 0 Å². The quantitative estimate of drug-likeness (QED) is 0.814. The predicted molar refractivity (Wildman–Crippen MR) is 84.8 cm³/mol. The topological polar surface area (TPSA) is 58.8 Å². The molecule has 2 aliphatic heterocycles. The summed E-state index contributed by atoms with van der Waals surface area (Å²) in [5.74, 6) is 0.288. The van der Waals surface area contributed by atoms with Crippen LogP contribution in [-0.4, -0.2) is 67.7 Å². The number of nitrogens with zero attached hydrogens (tertiary/aromatic N) is 2. The van der Waals surface area contributed by atoms with E-state index in [1.165, 1.54) is 0 Å². The molecule has 2 saturated heterocycles. The van der Waals surface area contributed by atoms with Crippen LogP contribution in [0.5, 0.6) is 0 Å². The van der Waals surface area contributed by atoms with E-state index in [0.29, 0.717) is 19.0 Å². The summed E-state index contributed by atoms with van der Waals surface area (Å²) in [6.07, 6.45) is 3.70. The van der Waals surface area contributed by atoms with Crippen LogP contribution < -0.4 is 5.73 Å². The summed E-state index contributed by atoms with van der Waals surface area (Å²) in [5, 5.41) is 0. The summed E-state index contributed by atoms with van der Waals surface area (Å²) in [5.41, 5.74) is 5.47. The number of hydrogen-bond acceptors (Lipinski definition) is 4. The smallest absolute Gasteiger partial charge is 0.222 e. The lowest BCUT2D eigenvalue weighted by atomic mass is 10.2. The standard InChI is InChI=1S/C13H25N3O2.2ClH/c14-5-1-4-13(17)16-6-2-3-12(16)11-15-7-9-18-10-8-15;;/h12H,1-11,14H2;2*1H. The van der Waals surface area contributed by atoms with Gasteiger partial charge in [-0.3, -0.25) is 9.69 Å². The number of carbonyl (C=O) groups is 1. The lowest BCUT2D eigenvalue weighted by Gasteiger charge is -2.33. The number of amides is 1. The Morgan fingerprint density at radius 1 is 1.20 bits per heavy atom. The van der Waals surface area contributed by atoms with Gasteiger partial charge in [0.1, 0.15) is 0 Å². The van der Waals surface area contributed by atoms with Crippen LogP contribution in [-0.2, 0) is 9.53 Å². The van der Waals surface area contributed by atoms with E-state index < -0.39 is 0 Å². The third-order valence-corrected chi connectivity index (χ3v) is 3.86. The van der Waals surface area contributed by atoms with E-state index in [1.807, 2.05) is 0 Å². The molecule has 2 rings (SSSR count). The zero-order chi connectivity index (χ0) is 12.8. The number of rotatable bonds is 5. The fourth-order valence-corrected chi connectivity index (χ4v) is 2.83. The minimum Gasteiger partial charge on any atom is -0.379 e. The highest BCUT2D eigenvalue weighted by molar-refractivity contribution is 5.85. The van der Waals surface area contributed by atoms with Gasteiger partial charge in [-0.25, -0.2) is 0 Å². The molecule has 0 saturated carbocycles. The maximum Gasteiger partial charge on any atom is 0.222 e. The minimum atomic E-state index is 0. The third kappa shape index (κ3) is 5.74. The number of ether oxygens (including phenoxy) is 1. The van der Waals surface area contributed by atoms with Crippen LogP contribution in [0.15, 0.2) is 0 Å².